The molecule has 0 saturated heterocycles. The predicted octanol–water partition coefficient (Wildman–Crippen LogP) is 2.84. The second-order valence-corrected chi connectivity index (χ2v) is 6.74. The van der Waals surface area contributed by atoms with Crippen LogP contribution in [0.15, 0.2) is 30.3 Å². The average molecular weight is 347 g/mol. The largest absolute Gasteiger partial charge is 0.384 e. The van der Waals surface area contributed by atoms with Crippen molar-refractivity contribution >= 4 is 40.9 Å². The molecule has 3 rings (SSSR count). The first kappa shape index (κ1) is 16.0. The number of rotatable bonds is 4. The molecule has 1 fully saturated rings. The predicted molar refractivity (Wildman–Crippen MR) is 98.3 cm³/mol. The van der Waals surface area contributed by atoms with E-state index in [0.29, 0.717) is 16.8 Å². The van der Waals surface area contributed by atoms with Gasteiger partial charge in [-0.05, 0) is 49.3 Å². The van der Waals surface area contributed by atoms with E-state index in [0.717, 1.165) is 41.8 Å². The van der Waals surface area contributed by atoms with Crippen molar-refractivity contribution in [2.24, 2.45) is 0 Å². The minimum atomic E-state index is -0.313. The maximum atomic E-state index is 9.50. The van der Waals surface area contributed by atoms with Crippen LogP contribution in [0.5, 0.6) is 0 Å². The highest BCUT2D eigenvalue weighted by molar-refractivity contribution is 7.95. The van der Waals surface area contributed by atoms with Crippen molar-refractivity contribution in [2.45, 2.75) is 17.6 Å². The Bertz CT molecular complexity index is 731. The number of nitrogens with one attached hydrogen (secondary N) is 2. The minimum Gasteiger partial charge on any atom is -0.384 e. The number of nitrogen functional groups attached to an aromatic ring is 1. The molecule has 0 unspecified atom stereocenters. The van der Waals surface area contributed by atoms with Crippen LogP contribution in [-0.2, 0) is 4.75 Å². The van der Waals surface area contributed by atoms with Crippen LogP contribution >= 0.6 is 24.3 Å². The Morgan fingerprint density at radius 2 is 2.00 bits per heavy atom. The number of anilines is 2. The standard InChI is InChI=1S/C15H17N5OS2/c1-17-14(22)18-10-4-2-9(3-5-10)13-19-11(8-12(16)20-13)15(23-21)6-7-15/h2-5,8,21H,6-7H2,1H3,(H2,16,19,20)(H2,17,18,22). The lowest BCUT2D eigenvalue weighted by Crippen LogP contribution is -2.23. The number of hydrogen-bond donors (Lipinski definition) is 4. The van der Waals surface area contributed by atoms with Crippen molar-refractivity contribution < 1.29 is 4.55 Å². The molecule has 0 atom stereocenters. The average Bonchev–Trinajstić information content (AvgIpc) is 3.36. The first-order valence-corrected chi connectivity index (χ1v) is 8.31. The van der Waals surface area contributed by atoms with Gasteiger partial charge in [0.2, 0.25) is 0 Å². The molecule has 1 aliphatic rings. The van der Waals surface area contributed by atoms with E-state index in [9.17, 15) is 4.55 Å². The highest BCUT2D eigenvalue weighted by Crippen LogP contribution is 2.55. The molecule has 0 aliphatic heterocycles. The first-order chi connectivity index (χ1) is 11.1. The van der Waals surface area contributed by atoms with Gasteiger partial charge in [-0.1, -0.05) is 0 Å². The molecule has 2 aromatic rings. The molecule has 1 aliphatic carbocycles. The van der Waals surface area contributed by atoms with E-state index in [1.165, 1.54) is 0 Å². The van der Waals surface area contributed by atoms with Gasteiger partial charge in [0.25, 0.3) is 0 Å². The summed E-state index contributed by atoms with van der Waals surface area (Å²) in [7, 11) is 1.76. The number of nitrogens with two attached hydrogens (primary N) is 1. The molecular weight excluding hydrogens is 330 g/mol. The van der Waals surface area contributed by atoms with Crippen molar-refractivity contribution in [1.82, 2.24) is 15.3 Å². The monoisotopic (exact) mass is 347 g/mol. The van der Waals surface area contributed by atoms with Crippen LogP contribution < -0.4 is 16.4 Å². The van der Waals surface area contributed by atoms with Crippen molar-refractivity contribution in [3.63, 3.8) is 0 Å². The summed E-state index contributed by atoms with van der Waals surface area (Å²) in [4.78, 5) is 8.89. The van der Waals surface area contributed by atoms with Gasteiger partial charge >= 0.3 is 0 Å². The van der Waals surface area contributed by atoms with Gasteiger partial charge in [-0.2, -0.15) is 0 Å². The summed E-state index contributed by atoms with van der Waals surface area (Å²) in [5, 5.41) is 6.46. The molecule has 0 amide bonds. The molecule has 0 bridgehead atoms. The third-order valence-electron chi connectivity index (χ3n) is 3.72. The van der Waals surface area contributed by atoms with Gasteiger partial charge in [0, 0.05) is 36.4 Å². The van der Waals surface area contributed by atoms with Crippen LogP contribution in [0.4, 0.5) is 11.5 Å². The van der Waals surface area contributed by atoms with E-state index in [4.69, 9.17) is 18.0 Å². The van der Waals surface area contributed by atoms with Gasteiger partial charge in [0.1, 0.15) is 5.82 Å². The Kier molecular flexibility index (Phi) is 4.38. The molecule has 0 radical (unpaired) electrons. The number of nitrogens with zero attached hydrogens (tertiary/aromatic N) is 2. The lowest BCUT2D eigenvalue weighted by molar-refractivity contribution is 0.645. The summed E-state index contributed by atoms with van der Waals surface area (Å²) in [5.41, 5.74) is 8.43. The molecule has 23 heavy (non-hydrogen) atoms. The van der Waals surface area contributed by atoms with Crippen LogP contribution in [0.25, 0.3) is 11.4 Å². The molecule has 5 N–H and O–H groups in total. The highest BCUT2D eigenvalue weighted by atomic mass is 32.2. The summed E-state index contributed by atoms with van der Waals surface area (Å²) < 4.78 is 9.18. The summed E-state index contributed by atoms with van der Waals surface area (Å²) in [6, 6.07) is 9.36. The lowest BCUT2D eigenvalue weighted by atomic mass is 10.1. The lowest BCUT2D eigenvalue weighted by Gasteiger charge is -2.12. The fourth-order valence-electron chi connectivity index (χ4n) is 2.23. The maximum Gasteiger partial charge on any atom is 0.170 e. The highest BCUT2D eigenvalue weighted by Gasteiger charge is 2.47. The minimum absolute atomic E-state index is 0.313. The number of aromatic nitrogens is 2. The Hall–Kier alpha value is -1.90. The van der Waals surface area contributed by atoms with Crippen LogP contribution in [0.3, 0.4) is 0 Å². The Morgan fingerprint density at radius 1 is 1.30 bits per heavy atom. The Balaban J connectivity index is 1.88. The van der Waals surface area contributed by atoms with Crippen molar-refractivity contribution in [3.8, 4) is 11.4 Å². The molecular formula is C15H17N5OS2. The summed E-state index contributed by atoms with van der Waals surface area (Å²) >= 11 is 5.91. The fraction of sp³-hybridized carbons (Fsp3) is 0.267. The summed E-state index contributed by atoms with van der Waals surface area (Å²) in [6.07, 6.45) is 1.79. The van der Waals surface area contributed by atoms with E-state index in [2.05, 4.69) is 20.6 Å². The van der Waals surface area contributed by atoms with Gasteiger partial charge in [0.05, 0.1) is 10.4 Å². The molecule has 1 aromatic carbocycles. The van der Waals surface area contributed by atoms with Crippen LogP contribution in [0.2, 0.25) is 0 Å². The number of benzene rings is 1. The third-order valence-corrected chi connectivity index (χ3v) is 4.99. The van der Waals surface area contributed by atoms with E-state index in [-0.39, 0.29) is 4.75 Å². The quantitative estimate of drug-likeness (QED) is 0.495. The van der Waals surface area contributed by atoms with Gasteiger partial charge < -0.3 is 20.9 Å². The van der Waals surface area contributed by atoms with Crippen LogP contribution in [0, 0.1) is 0 Å². The van der Waals surface area contributed by atoms with Gasteiger partial charge in [-0.3, -0.25) is 0 Å². The molecule has 1 heterocycles. The topological polar surface area (TPSA) is 96.1 Å². The zero-order valence-corrected chi connectivity index (χ0v) is 14.2. The Labute approximate surface area is 144 Å². The fourth-order valence-corrected chi connectivity index (χ4v) is 2.83. The molecule has 0 spiro atoms. The summed E-state index contributed by atoms with van der Waals surface area (Å²) in [5.74, 6) is 0.965. The maximum absolute atomic E-state index is 9.50. The Morgan fingerprint density at radius 3 is 2.57 bits per heavy atom. The zero-order chi connectivity index (χ0) is 16.4. The second-order valence-electron chi connectivity index (χ2n) is 5.37. The van der Waals surface area contributed by atoms with Gasteiger partial charge in [-0.25, -0.2) is 9.97 Å². The normalized spacial score (nSPS) is 15.0. The molecule has 6 nitrogen and oxygen atoms in total. The third kappa shape index (κ3) is 3.39. The van der Waals surface area contributed by atoms with Crippen molar-refractivity contribution in [3.05, 3.63) is 36.0 Å². The zero-order valence-electron chi connectivity index (χ0n) is 12.5. The number of hydrogen-bond acceptors (Lipinski definition) is 6. The van der Waals surface area contributed by atoms with Crippen LogP contribution in [-0.4, -0.2) is 26.7 Å². The van der Waals surface area contributed by atoms with E-state index >= 15 is 0 Å². The SMILES string of the molecule is CNC(=S)Nc1ccc(-c2nc(N)cc(C3(SO)CC3)n2)cc1. The molecule has 1 saturated carbocycles. The van der Waals surface area contributed by atoms with Crippen molar-refractivity contribution in [2.75, 3.05) is 18.1 Å². The van der Waals surface area contributed by atoms with Crippen LogP contribution in [0.1, 0.15) is 18.5 Å². The van der Waals surface area contributed by atoms with E-state index in [1.54, 1.807) is 13.1 Å². The number of thiocarbonyl (C=S) groups is 1. The van der Waals surface area contributed by atoms with E-state index < -0.39 is 0 Å². The smallest absolute Gasteiger partial charge is 0.170 e. The van der Waals surface area contributed by atoms with Crippen molar-refractivity contribution in [1.29, 1.82) is 0 Å². The summed E-state index contributed by atoms with van der Waals surface area (Å²) in [6.45, 7) is 0. The van der Waals surface area contributed by atoms with Gasteiger partial charge in [0.15, 0.2) is 10.9 Å². The second kappa shape index (κ2) is 6.31. The molecule has 8 heteroatoms. The first-order valence-electron chi connectivity index (χ1n) is 7.13. The van der Waals surface area contributed by atoms with Gasteiger partial charge in [-0.15, -0.1) is 0 Å². The molecule has 1 aromatic heterocycles. The molecule has 120 valence electrons. The van der Waals surface area contributed by atoms with E-state index in [1.807, 2.05) is 24.3 Å².